The number of hydrogen-bond donors (Lipinski definition) is 0. The molecular formula is C32H44N2O11. The second-order valence-electron chi connectivity index (χ2n) is 11.0. The molecule has 0 bridgehead atoms. The number of amides is 2. The minimum absolute atomic E-state index is 0.00859. The minimum Gasteiger partial charge on any atom is -0.497 e. The third-order valence-electron chi connectivity index (χ3n) is 7.51. The van der Waals surface area contributed by atoms with Gasteiger partial charge in [-0.1, -0.05) is 39.8 Å². The van der Waals surface area contributed by atoms with Crippen molar-refractivity contribution in [2.45, 2.75) is 116 Å². The molecule has 2 aliphatic rings. The van der Waals surface area contributed by atoms with Crippen LogP contribution in [0, 0.1) is 0 Å². The van der Waals surface area contributed by atoms with E-state index in [0.29, 0.717) is 37.0 Å². The summed E-state index contributed by atoms with van der Waals surface area (Å²) in [6.07, 6.45) is -3.54. The van der Waals surface area contributed by atoms with E-state index in [1.807, 2.05) is 0 Å². The van der Waals surface area contributed by atoms with Gasteiger partial charge in [-0.3, -0.25) is 33.7 Å². The first kappa shape index (κ1) is 35.3. The van der Waals surface area contributed by atoms with Crippen LogP contribution in [0.1, 0.15) is 84.6 Å². The van der Waals surface area contributed by atoms with Gasteiger partial charge in [-0.25, -0.2) is 0 Å². The molecule has 0 spiro atoms. The van der Waals surface area contributed by atoms with Gasteiger partial charge in [0.2, 0.25) is 0 Å². The van der Waals surface area contributed by atoms with E-state index in [4.69, 9.17) is 23.7 Å². The number of rotatable bonds is 16. The highest BCUT2D eigenvalue weighted by atomic mass is 16.6. The molecule has 1 unspecified atom stereocenters. The van der Waals surface area contributed by atoms with Crippen LogP contribution in [0.25, 0.3) is 0 Å². The van der Waals surface area contributed by atoms with Crippen LogP contribution in [0.4, 0.5) is 0 Å². The Labute approximate surface area is 263 Å². The molecule has 248 valence electrons. The summed E-state index contributed by atoms with van der Waals surface area (Å²) >= 11 is 0. The predicted octanol–water partition coefficient (Wildman–Crippen LogP) is 3.05. The molecule has 5 atom stereocenters. The number of nitrogens with zero attached hydrogens (tertiary/aromatic N) is 2. The summed E-state index contributed by atoms with van der Waals surface area (Å²) in [6, 6.07) is 5.61. The van der Waals surface area contributed by atoms with Crippen LogP contribution in [0.5, 0.6) is 5.75 Å². The fourth-order valence-electron chi connectivity index (χ4n) is 5.41. The van der Waals surface area contributed by atoms with Crippen LogP contribution in [0.3, 0.4) is 0 Å². The van der Waals surface area contributed by atoms with Gasteiger partial charge in [-0.15, -0.1) is 0 Å². The van der Waals surface area contributed by atoms with Crippen molar-refractivity contribution in [3.05, 3.63) is 29.8 Å². The van der Waals surface area contributed by atoms with E-state index < -0.39 is 72.8 Å². The zero-order valence-electron chi connectivity index (χ0n) is 26.7. The Balaban J connectivity index is 2.17. The van der Waals surface area contributed by atoms with Crippen LogP contribution < -0.4 is 4.74 Å². The summed E-state index contributed by atoms with van der Waals surface area (Å²) < 4.78 is 28.3. The molecule has 0 aliphatic carbocycles. The summed E-state index contributed by atoms with van der Waals surface area (Å²) in [7, 11) is 1.52. The molecule has 13 heteroatoms. The van der Waals surface area contributed by atoms with Crippen LogP contribution in [-0.2, 0) is 54.3 Å². The summed E-state index contributed by atoms with van der Waals surface area (Å²) in [5, 5.41) is 0. The second kappa shape index (κ2) is 16.8. The highest BCUT2D eigenvalue weighted by molar-refractivity contribution is 6.37. The van der Waals surface area contributed by atoms with Crippen LogP contribution in [0.2, 0.25) is 0 Å². The maximum atomic E-state index is 13.8. The van der Waals surface area contributed by atoms with Crippen molar-refractivity contribution in [1.82, 2.24) is 9.80 Å². The van der Waals surface area contributed by atoms with Gasteiger partial charge in [-0.05, 0) is 43.4 Å². The summed E-state index contributed by atoms with van der Waals surface area (Å²) in [5.41, 5.74) is 0.638. The molecule has 1 aromatic carbocycles. The Bertz CT molecular complexity index is 1220. The topological polar surface area (TPSA) is 155 Å². The molecule has 1 aromatic rings. The smallest absolute Gasteiger partial charge is 0.314 e. The Morgan fingerprint density at radius 3 is 1.67 bits per heavy atom. The van der Waals surface area contributed by atoms with Crippen molar-refractivity contribution in [1.29, 1.82) is 0 Å². The fourth-order valence-corrected chi connectivity index (χ4v) is 5.41. The average molecular weight is 633 g/mol. The third-order valence-corrected chi connectivity index (χ3v) is 7.51. The molecule has 2 fully saturated rings. The van der Waals surface area contributed by atoms with E-state index in [9.17, 15) is 28.8 Å². The first-order valence-corrected chi connectivity index (χ1v) is 15.6. The van der Waals surface area contributed by atoms with Gasteiger partial charge in [-0.2, -0.15) is 0 Å². The van der Waals surface area contributed by atoms with Gasteiger partial charge in [0.25, 0.3) is 0 Å². The number of carbonyl (C=O) groups is 6. The largest absolute Gasteiger partial charge is 0.497 e. The lowest BCUT2D eigenvalue weighted by Gasteiger charge is -2.49. The number of methoxy groups -OCH3 is 1. The molecule has 3 rings (SSSR count). The monoisotopic (exact) mass is 632 g/mol. The summed E-state index contributed by atoms with van der Waals surface area (Å²) in [6.45, 7) is 6.60. The van der Waals surface area contributed by atoms with Gasteiger partial charge in [0, 0.05) is 32.2 Å². The van der Waals surface area contributed by atoms with Gasteiger partial charge < -0.3 is 28.6 Å². The first-order valence-electron chi connectivity index (χ1n) is 15.6. The number of piperidine rings is 1. The van der Waals surface area contributed by atoms with Crippen molar-refractivity contribution in [3.63, 3.8) is 0 Å². The zero-order valence-corrected chi connectivity index (χ0v) is 26.7. The lowest BCUT2D eigenvalue weighted by Crippen LogP contribution is -2.71. The van der Waals surface area contributed by atoms with E-state index in [0.717, 1.165) is 4.90 Å². The van der Waals surface area contributed by atoms with Crippen LogP contribution >= 0.6 is 0 Å². The Kier molecular flexibility index (Phi) is 13.2. The van der Waals surface area contributed by atoms with Crippen molar-refractivity contribution >= 4 is 35.7 Å². The highest BCUT2D eigenvalue weighted by Gasteiger charge is 2.63. The van der Waals surface area contributed by atoms with Crippen molar-refractivity contribution in [3.8, 4) is 5.75 Å². The number of fused-ring (bicyclic) bond motifs is 1. The standard InChI is InChI=1S/C32H44N2O11/c1-6-10-23(35)42-19-22-27(43-24(36)11-7-2)28(44-25(37)12-8-3)29(45-26(38)13-9-4)30-33(31(39)32(40)34(22)30)18-20-14-16-21(41-5)17-15-20/h14-17,22,27-30H,6-13,18-19H2,1-5H3/t22-,27-,28+,29+,30?/m1/s1. The SMILES string of the molecule is CCCC(=O)OC[C@@H]1[C@@H](OC(=O)CCC)[C@H](OC(=O)CCC)[C@H](OC(=O)CCC)C2N(Cc3ccc(OC)cc3)C(=O)C(=O)N21. The maximum absolute atomic E-state index is 13.8. The molecule has 2 saturated heterocycles. The quantitative estimate of drug-likeness (QED) is 0.150. The molecule has 45 heavy (non-hydrogen) atoms. The van der Waals surface area contributed by atoms with Crippen molar-refractivity contribution < 1.29 is 52.5 Å². The Morgan fingerprint density at radius 2 is 1.16 bits per heavy atom. The number of carbonyl (C=O) groups excluding carboxylic acids is 6. The highest BCUT2D eigenvalue weighted by Crippen LogP contribution is 2.38. The van der Waals surface area contributed by atoms with E-state index in [-0.39, 0.29) is 32.2 Å². The van der Waals surface area contributed by atoms with Gasteiger partial charge >= 0.3 is 35.7 Å². The Morgan fingerprint density at radius 1 is 0.667 bits per heavy atom. The molecule has 2 heterocycles. The van der Waals surface area contributed by atoms with Gasteiger partial charge in [0.1, 0.15) is 24.6 Å². The van der Waals surface area contributed by atoms with E-state index in [1.54, 1.807) is 52.0 Å². The zero-order chi connectivity index (χ0) is 33.1. The van der Waals surface area contributed by atoms with Crippen LogP contribution in [0.15, 0.2) is 24.3 Å². The molecule has 0 aromatic heterocycles. The van der Waals surface area contributed by atoms with E-state index in [2.05, 4.69) is 0 Å². The molecule has 0 saturated carbocycles. The lowest BCUT2D eigenvalue weighted by atomic mass is 9.90. The molecule has 0 radical (unpaired) electrons. The predicted molar refractivity (Wildman–Crippen MR) is 158 cm³/mol. The van der Waals surface area contributed by atoms with Crippen molar-refractivity contribution in [2.75, 3.05) is 13.7 Å². The molecule has 2 amide bonds. The van der Waals surface area contributed by atoms with Crippen LogP contribution in [-0.4, -0.2) is 89.7 Å². The summed E-state index contributed by atoms with van der Waals surface area (Å²) in [5.74, 6) is -3.80. The van der Waals surface area contributed by atoms with Crippen molar-refractivity contribution in [2.24, 2.45) is 0 Å². The maximum Gasteiger partial charge on any atom is 0.314 e. The summed E-state index contributed by atoms with van der Waals surface area (Å²) in [4.78, 5) is 81.1. The van der Waals surface area contributed by atoms with E-state index in [1.165, 1.54) is 12.0 Å². The number of esters is 4. The minimum atomic E-state index is -1.42. The Hall–Kier alpha value is -4.16. The van der Waals surface area contributed by atoms with Gasteiger partial charge in [0.15, 0.2) is 18.3 Å². The second-order valence-corrected chi connectivity index (χ2v) is 11.0. The third kappa shape index (κ3) is 8.73. The number of benzene rings is 1. The fraction of sp³-hybridized carbons (Fsp3) is 0.625. The molecule has 2 aliphatic heterocycles. The molecule has 0 N–H and O–H groups in total. The number of hydrogen-bond acceptors (Lipinski definition) is 11. The lowest BCUT2D eigenvalue weighted by molar-refractivity contribution is -0.226. The average Bonchev–Trinajstić information content (AvgIpc) is 3.24. The molecule has 13 nitrogen and oxygen atoms in total. The normalized spacial score (nSPS) is 22.5. The molecular weight excluding hydrogens is 588 g/mol. The van der Waals surface area contributed by atoms with Gasteiger partial charge in [0.05, 0.1) is 7.11 Å². The number of ether oxygens (including phenoxy) is 5. The first-order chi connectivity index (χ1) is 21.6. The van der Waals surface area contributed by atoms with E-state index >= 15 is 0 Å².